The van der Waals surface area contributed by atoms with Crippen LogP contribution in [0, 0.1) is 0 Å². The Labute approximate surface area is 146 Å². The first-order valence-corrected chi connectivity index (χ1v) is 9.07. The highest BCUT2D eigenvalue weighted by molar-refractivity contribution is 7.07. The normalized spacial score (nSPS) is 16.0. The van der Waals surface area contributed by atoms with Crippen molar-refractivity contribution < 1.29 is 9.53 Å². The topological polar surface area (TPSA) is 44.8 Å². The number of amides is 1. The lowest BCUT2D eigenvalue weighted by molar-refractivity contribution is -0.117. The zero-order valence-corrected chi connectivity index (χ0v) is 14.7. The van der Waals surface area contributed by atoms with Gasteiger partial charge in [0.1, 0.15) is 5.75 Å². The van der Waals surface area contributed by atoms with Gasteiger partial charge in [-0.3, -0.25) is 14.6 Å². The number of thiophene rings is 1. The second-order valence-corrected chi connectivity index (χ2v) is 6.74. The molecule has 0 aliphatic carbocycles. The van der Waals surface area contributed by atoms with Gasteiger partial charge in [-0.05, 0) is 34.5 Å². The molecule has 1 fully saturated rings. The molecule has 1 aliphatic rings. The molecule has 1 amide bonds. The number of nitrogens with zero attached hydrogens (tertiary/aromatic N) is 2. The molecule has 0 radical (unpaired) electrons. The fourth-order valence-electron chi connectivity index (χ4n) is 2.85. The van der Waals surface area contributed by atoms with E-state index in [4.69, 9.17) is 4.74 Å². The number of methoxy groups -OCH3 is 1. The Balaban J connectivity index is 1.42. The summed E-state index contributed by atoms with van der Waals surface area (Å²) >= 11 is 1.74. The van der Waals surface area contributed by atoms with Crippen molar-refractivity contribution in [1.29, 1.82) is 0 Å². The van der Waals surface area contributed by atoms with Gasteiger partial charge in [0, 0.05) is 44.5 Å². The summed E-state index contributed by atoms with van der Waals surface area (Å²) in [7, 11) is 1.62. The van der Waals surface area contributed by atoms with Crippen molar-refractivity contribution in [1.82, 2.24) is 9.80 Å². The molecule has 0 atom stereocenters. The average molecular weight is 345 g/mol. The number of nitrogens with one attached hydrogen (secondary N) is 1. The van der Waals surface area contributed by atoms with Crippen molar-refractivity contribution in [2.75, 3.05) is 45.2 Å². The first-order chi connectivity index (χ1) is 11.7. The number of ether oxygens (including phenoxy) is 1. The van der Waals surface area contributed by atoms with Crippen LogP contribution in [0.25, 0.3) is 0 Å². The number of hydrogen-bond acceptors (Lipinski definition) is 5. The maximum Gasteiger partial charge on any atom is 0.238 e. The van der Waals surface area contributed by atoms with Crippen LogP contribution in [0.3, 0.4) is 0 Å². The van der Waals surface area contributed by atoms with E-state index in [0.717, 1.165) is 44.2 Å². The van der Waals surface area contributed by atoms with E-state index >= 15 is 0 Å². The lowest BCUT2D eigenvalue weighted by Gasteiger charge is -2.34. The van der Waals surface area contributed by atoms with E-state index in [1.54, 1.807) is 18.4 Å². The van der Waals surface area contributed by atoms with Gasteiger partial charge in [-0.1, -0.05) is 6.07 Å². The van der Waals surface area contributed by atoms with Crippen LogP contribution < -0.4 is 10.1 Å². The average Bonchev–Trinajstić information content (AvgIpc) is 3.10. The third kappa shape index (κ3) is 4.80. The highest BCUT2D eigenvalue weighted by Crippen LogP contribution is 2.17. The van der Waals surface area contributed by atoms with Crippen molar-refractivity contribution in [3.05, 3.63) is 46.7 Å². The van der Waals surface area contributed by atoms with E-state index in [1.807, 2.05) is 24.3 Å². The predicted octanol–water partition coefficient (Wildman–Crippen LogP) is 2.51. The molecule has 3 rings (SSSR count). The molecule has 128 valence electrons. The van der Waals surface area contributed by atoms with Crippen molar-refractivity contribution in [2.24, 2.45) is 0 Å². The Morgan fingerprint density at radius 1 is 1.21 bits per heavy atom. The number of carbonyl (C=O) groups is 1. The first kappa shape index (κ1) is 17.0. The fraction of sp³-hybridized carbons (Fsp3) is 0.389. The SMILES string of the molecule is COc1cccc(NC(=O)CN2CCN(Cc3ccsc3)CC2)c1. The summed E-state index contributed by atoms with van der Waals surface area (Å²) in [6.07, 6.45) is 0. The van der Waals surface area contributed by atoms with Crippen LogP contribution in [0.15, 0.2) is 41.1 Å². The Hall–Kier alpha value is -1.89. The van der Waals surface area contributed by atoms with Crippen molar-refractivity contribution >= 4 is 22.9 Å². The summed E-state index contributed by atoms with van der Waals surface area (Å²) in [4.78, 5) is 16.9. The molecule has 0 saturated carbocycles. The molecule has 24 heavy (non-hydrogen) atoms. The molecule has 2 heterocycles. The van der Waals surface area contributed by atoms with Crippen LogP contribution in [-0.2, 0) is 11.3 Å². The van der Waals surface area contributed by atoms with E-state index in [-0.39, 0.29) is 5.91 Å². The maximum atomic E-state index is 12.2. The molecule has 6 heteroatoms. The third-order valence-electron chi connectivity index (χ3n) is 4.17. The minimum absolute atomic E-state index is 0.0227. The summed E-state index contributed by atoms with van der Waals surface area (Å²) < 4.78 is 5.17. The van der Waals surface area contributed by atoms with Crippen molar-refractivity contribution in [3.8, 4) is 5.75 Å². The lowest BCUT2D eigenvalue weighted by Crippen LogP contribution is -2.48. The minimum atomic E-state index is 0.0227. The van der Waals surface area contributed by atoms with E-state index in [9.17, 15) is 4.79 Å². The van der Waals surface area contributed by atoms with Gasteiger partial charge in [-0.2, -0.15) is 11.3 Å². The van der Waals surface area contributed by atoms with E-state index in [2.05, 4.69) is 31.9 Å². The zero-order valence-electron chi connectivity index (χ0n) is 13.9. The molecule has 0 bridgehead atoms. The maximum absolute atomic E-state index is 12.2. The molecule has 0 spiro atoms. The molecule has 1 saturated heterocycles. The molecule has 5 nitrogen and oxygen atoms in total. The zero-order chi connectivity index (χ0) is 16.8. The molecule has 1 aromatic heterocycles. The van der Waals surface area contributed by atoms with Gasteiger partial charge >= 0.3 is 0 Å². The monoisotopic (exact) mass is 345 g/mol. The molecule has 1 aliphatic heterocycles. The summed E-state index contributed by atoms with van der Waals surface area (Å²) in [5.41, 5.74) is 2.15. The molecule has 1 N–H and O–H groups in total. The van der Waals surface area contributed by atoms with Gasteiger partial charge in [-0.25, -0.2) is 0 Å². The van der Waals surface area contributed by atoms with Gasteiger partial charge in [0.15, 0.2) is 0 Å². The Kier molecular flexibility index (Phi) is 5.85. The molecular weight excluding hydrogens is 322 g/mol. The summed E-state index contributed by atoms with van der Waals surface area (Å²) in [5, 5.41) is 7.26. The number of benzene rings is 1. The van der Waals surface area contributed by atoms with Crippen molar-refractivity contribution in [2.45, 2.75) is 6.54 Å². The van der Waals surface area contributed by atoms with Crippen molar-refractivity contribution in [3.63, 3.8) is 0 Å². The van der Waals surface area contributed by atoms with Crippen LogP contribution in [0.5, 0.6) is 5.75 Å². The highest BCUT2D eigenvalue weighted by Gasteiger charge is 2.19. The smallest absolute Gasteiger partial charge is 0.238 e. The number of hydrogen-bond donors (Lipinski definition) is 1. The summed E-state index contributed by atoms with van der Waals surface area (Å²) in [6.45, 7) is 5.30. The lowest BCUT2D eigenvalue weighted by atomic mass is 10.2. The van der Waals surface area contributed by atoms with Crippen LogP contribution in [0.2, 0.25) is 0 Å². The third-order valence-corrected chi connectivity index (χ3v) is 4.90. The van der Waals surface area contributed by atoms with E-state index in [0.29, 0.717) is 6.54 Å². The van der Waals surface area contributed by atoms with Gasteiger partial charge in [0.2, 0.25) is 5.91 Å². The minimum Gasteiger partial charge on any atom is -0.497 e. The molecular formula is C18H23N3O2S. The van der Waals surface area contributed by atoms with Crippen LogP contribution in [0.1, 0.15) is 5.56 Å². The van der Waals surface area contributed by atoms with Gasteiger partial charge < -0.3 is 10.1 Å². The first-order valence-electron chi connectivity index (χ1n) is 8.12. The predicted molar refractivity (Wildman–Crippen MR) is 97.7 cm³/mol. The van der Waals surface area contributed by atoms with Crippen LogP contribution in [0.4, 0.5) is 5.69 Å². The second-order valence-electron chi connectivity index (χ2n) is 5.96. The standard InChI is InChI=1S/C18H23N3O2S/c1-23-17-4-2-3-16(11-17)19-18(22)13-21-8-6-20(7-9-21)12-15-5-10-24-14-15/h2-5,10-11,14H,6-9,12-13H2,1H3,(H,19,22). The Bertz CT molecular complexity index is 652. The summed E-state index contributed by atoms with van der Waals surface area (Å²) in [5.74, 6) is 0.768. The largest absolute Gasteiger partial charge is 0.497 e. The van der Waals surface area contributed by atoms with Gasteiger partial charge in [0.05, 0.1) is 13.7 Å². The number of rotatable bonds is 6. The van der Waals surface area contributed by atoms with Crippen LogP contribution >= 0.6 is 11.3 Å². The Morgan fingerprint density at radius 2 is 2.00 bits per heavy atom. The Morgan fingerprint density at radius 3 is 2.71 bits per heavy atom. The van der Waals surface area contributed by atoms with Gasteiger partial charge in [-0.15, -0.1) is 0 Å². The summed E-state index contributed by atoms with van der Waals surface area (Å²) in [6, 6.07) is 9.62. The van der Waals surface area contributed by atoms with Gasteiger partial charge in [0.25, 0.3) is 0 Å². The molecule has 2 aromatic rings. The number of anilines is 1. The number of carbonyl (C=O) groups excluding carboxylic acids is 1. The fourth-order valence-corrected chi connectivity index (χ4v) is 3.51. The van der Waals surface area contributed by atoms with E-state index in [1.165, 1.54) is 5.56 Å². The number of piperazine rings is 1. The van der Waals surface area contributed by atoms with Crippen LogP contribution in [-0.4, -0.2) is 55.5 Å². The molecule has 0 unspecified atom stereocenters. The highest BCUT2D eigenvalue weighted by atomic mass is 32.1. The van der Waals surface area contributed by atoms with E-state index < -0.39 is 0 Å². The quantitative estimate of drug-likeness (QED) is 0.874. The second kappa shape index (κ2) is 8.28. The molecule has 1 aromatic carbocycles.